The predicted molar refractivity (Wildman–Crippen MR) is 94.6 cm³/mol. The molecule has 24 heavy (non-hydrogen) atoms. The number of amides is 1. The fraction of sp³-hybridized carbons (Fsp3) is 0.300. The van der Waals surface area contributed by atoms with Crippen LogP contribution >= 0.6 is 0 Å². The molecule has 122 valence electrons. The third-order valence-electron chi connectivity index (χ3n) is 4.88. The van der Waals surface area contributed by atoms with E-state index < -0.39 is 0 Å². The van der Waals surface area contributed by atoms with Gasteiger partial charge in [0.1, 0.15) is 5.75 Å². The molecule has 4 rings (SSSR count). The SMILES string of the molecule is COc1ccc2c(c1)CCC1CC(=O)N(c3ccc(C)cc3)N=C21. The van der Waals surface area contributed by atoms with Crippen molar-refractivity contribution in [2.45, 2.75) is 26.2 Å². The molecular weight excluding hydrogens is 300 g/mol. The molecular formula is C20H20N2O2. The minimum Gasteiger partial charge on any atom is -0.497 e. The van der Waals surface area contributed by atoms with E-state index in [1.807, 2.05) is 37.3 Å². The molecule has 1 amide bonds. The highest BCUT2D eigenvalue weighted by atomic mass is 16.5. The van der Waals surface area contributed by atoms with Gasteiger partial charge in [0.25, 0.3) is 0 Å². The lowest BCUT2D eigenvalue weighted by Crippen LogP contribution is -2.39. The van der Waals surface area contributed by atoms with Crippen molar-refractivity contribution in [1.29, 1.82) is 0 Å². The van der Waals surface area contributed by atoms with Gasteiger partial charge in [-0.25, -0.2) is 5.01 Å². The molecule has 0 aromatic heterocycles. The highest BCUT2D eigenvalue weighted by Crippen LogP contribution is 2.35. The molecule has 0 saturated carbocycles. The van der Waals surface area contributed by atoms with Gasteiger partial charge < -0.3 is 4.74 Å². The van der Waals surface area contributed by atoms with Gasteiger partial charge in [-0.3, -0.25) is 4.79 Å². The molecule has 1 unspecified atom stereocenters. The number of hydrazone groups is 1. The Morgan fingerprint density at radius 1 is 1.17 bits per heavy atom. The standard InChI is InChI=1S/C20H20N2O2/c1-13-3-7-16(8-4-13)22-19(23)12-15-6-5-14-11-17(24-2)9-10-18(14)20(15)21-22/h3-4,7-11,15H,5-6,12H2,1-2H3. The zero-order chi connectivity index (χ0) is 16.7. The summed E-state index contributed by atoms with van der Waals surface area (Å²) in [6, 6.07) is 14.0. The largest absolute Gasteiger partial charge is 0.497 e. The van der Waals surface area contributed by atoms with Crippen LogP contribution in [0.1, 0.15) is 29.5 Å². The van der Waals surface area contributed by atoms with Gasteiger partial charge >= 0.3 is 0 Å². The minimum absolute atomic E-state index is 0.0737. The lowest BCUT2D eigenvalue weighted by atomic mass is 9.79. The molecule has 4 nitrogen and oxygen atoms in total. The van der Waals surface area contributed by atoms with E-state index in [2.05, 4.69) is 12.1 Å². The van der Waals surface area contributed by atoms with Gasteiger partial charge in [0, 0.05) is 17.9 Å². The van der Waals surface area contributed by atoms with Crippen LogP contribution in [0, 0.1) is 12.8 Å². The number of hydrogen-bond donors (Lipinski definition) is 0. The second-order valence-corrected chi connectivity index (χ2v) is 6.49. The van der Waals surface area contributed by atoms with Crippen LogP contribution in [-0.4, -0.2) is 18.7 Å². The third-order valence-corrected chi connectivity index (χ3v) is 4.88. The number of hydrogen-bond acceptors (Lipinski definition) is 3. The van der Waals surface area contributed by atoms with Crippen LogP contribution in [0.3, 0.4) is 0 Å². The average Bonchev–Trinajstić information content (AvgIpc) is 2.61. The van der Waals surface area contributed by atoms with Gasteiger partial charge in [-0.05, 0) is 55.7 Å². The van der Waals surface area contributed by atoms with E-state index in [9.17, 15) is 4.79 Å². The van der Waals surface area contributed by atoms with Crippen molar-refractivity contribution in [2.24, 2.45) is 11.0 Å². The quantitative estimate of drug-likeness (QED) is 0.846. The highest BCUT2D eigenvalue weighted by molar-refractivity contribution is 6.11. The molecule has 1 aliphatic carbocycles. The zero-order valence-corrected chi connectivity index (χ0v) is 14.0. The number of carbonyl (C=O) groups excluding carboxylic acids is 1. The Morgan fingerprint density at radius 3 is 2.71 bits per heavy atom. The van der Waals surface area contributed by atoms with Gasteiger partial charge in [-0.2, -0.15) is 5.10 Å². The number of aryl methyl sites for hydroxylation is 2. The van der Waals surface area contributed by atoms with Crippen LogP contribution in [0.4, 0.5) is 5.69 Å². The Balaban J connectivity index is 1.77. The summed E-state index contributed by atoms with van der Waals surface area (Å²) in [6.45, 7) is 2.04. The maximum atomic E-state index is 12.5. The lowest BCUT2D eigenvalue weighted by Gasteiger charge is -2.33. The first-order chi connectivity index (χ1) is 11.7. The molecule has 0 radical (unpaired) electrons. The Bertz CT molecular complexity index is 824. The molecule has 0 fully saturated rings. The first-order valence-corrected chi connectivity index (χ1v) is 8.31. The second-order valence-electron chi connectivity index (χ2n) is 6.49. The minimum atomic E-state index is 0.0737. The van der Waals surface area contributed by atoms with Gasteiger partial charge in [-0.1, -0.05) is 17.7 Å². The summed E-state index contributed by atoms with van der Waals surface area (Å²) in [5.74, 6) is 1.17. The first-order valence-electron chi connectivity index (χ1n) is 8.31. The molecule has 4 heteroatoms. The first kappa shape index (κ1) is 14.9. The molecule has 0 saturated heterocycles. The maximum absolute atomic E-state index is 12.5. The molecule has 2 aromatic carbocycles. The van der Waals surface area contributed by atoms with E-state index in [-0.39, 0.29) is 11.8 Å². The summed E-state index contributed by atoms with van der Waals surface area (Å²) in [4.78, 5) is 12.5. The number of fused-ring (bicyclic) bond motifs is 3. The number of ether oxygens (including phenoxy) is 1. The number of carbonyl (C=O) groups is 1. The number of methoxy groups -OCH3 is 1. The molecule has 1 heterocycles. The van der Waals surface area contributed by atoms with Crippen molar-refractivity contribution in [3.63, 3.8) is 0 Å². The summed E-state index contributed by atoms with van der Waals surface area (Å²) in [5, 5.41) is 6.30. The van der Waals surface area contributed by atoms with Gasteiger partial charge in [0.2, 0.25) is 5.91 Å². The average molecular weight is 320 g/mol. The molecule has 0 N–H and O–H groups in total. The highest BCUT2D eigenvalue weighted by Gasteiger charge is 2.34. The normalized spacial score (nSPS) is 19.4. The van der Waals surface area contributed by atoms with Crippen molar-refractivity contribution in [3.05, 3.63) is 59.2 Å². The molecule has 0 bridgehead atoms. The van der Waals surface area contributed by atoms with E-state index in [0.29, 0.717) is 6.42 Å². The van der Waals surface area contributed by atoms with Gasteiger partial charge in [-0.15, -0.1) is 0 Å². The number of nitrogens with zero attached hydrogens (tertiary/aromatic N) is 2. The van der Waals surface area contributed by atoms with Crippen LogP contribution in [0.5, 0.6) is 5.75 Å². The Hall–Kier alpha value is -2.62. The van der Waals surface area contributed by atoms with Crippen molar-refractivity contribution in [3.8, 4) is 5.75 Å². The van der Waals surface area contributed by atoms with Crippen molar-refractivity contribution < 1.29 is 9.53 Å². The molecule has 1 atom stereocenters. The fourth-order valence-electron chi connectivity index (χ4n) is 3.52. The van der Waals surface area contributed by atoms with E-state index >= 15 is 0 Å². The number of anilines is 1. The van der Waals surface area contributed by atoms with Crippen LogP contribution in [0.25, 0.3) is 0 Å². The zero-order valence-electron chi connectivity index (χ0n) is 14.0. The van der Waals surface area contributed by atoms with Crippen LogP contribution in [0.2, 0.25) is 0 Å². The molecule has 2 aliphatic rings. The van der Waals surface area contributed by atoms with Crippen molar-refractivity contribution >= 4 is 17.3 Å². The summed E-state index contributed by atoms with van der Waals surface area (Å²) in [7, 11) is 1.68. The smallest absolute Gasteiger partial charge is 0.248 e. The van der Waals surface area contributed by atoms with E-state index in [4.69, 9.17) is 9.84 Å². The third kappa shape index (κ3) is 2.48. The van der Waals surface area contributed by atoms with E-state index in [0.717, 1.165) is 35.6 Å². The topological polar surface area (TPSA) is 41.9 Å². The monoisotopic (exact) mass is 320 g/mol. The summed E-state index contributed by atoms with van der Waals surface area (Å²) >= 11 is 0. The Kier molecular flexibility index (Phi) is 3.60. The lowest BCUT2D eigenvalue weighted by molar-refractivity contribution is -0.119. The van der Waals surface area contributed by atoms with Crippen LogP contribution in [-0.2, 0) is 11.2 Å². The summed E-state index contributed by atoms with van der Waals surface area (Å²) in [6.07, 6.45) is 2.46. The summed E-state index contributed by atoms with van der Waals surface area (Å²) in [5.41, 5.74) is 5.43. The molecule has 2 aromatic rings. The van der Waals surface area contributed by atoms with Crippen molar-refractivity contribution in [2.75, 3.05) is 12.1 Å². The Morgan fingerprint density at radius 2 is 1.96 bits per heavy atom. The number of benzene rings is 2. The van der Waals surface area contributed by atoms with Crippen LogP contribution in [0.15, 0.2) is 47.6 Å². The fourth-order valence-corrected chi connectivity index (χ4v) is 3.52. The Labute approximate surface area is 141 Å². The van der Waals surface area contributed by atoms with Crippen LogP contribution < -0.4 is 9.75 Å². The van der Waals surface area contributed by atoms with Gasteiger partial charge in [0.05, 0.1) is 18.5 Å². The van der Waals surface area contributed by atoms with E-state index in [1.54, 1.807) is 12.1 Å². The molecule has 0 spiro atoms. The van der Waals surface area contributed by atoms with E-state index in [1.165, 1.54) is 11.1 Å². The predicted octanol–water partition coefficient (Wildman–Crippen LogP) is 3.71. The van der Waals surface area contributed by atoms with Crippen molar-refractivity contribution in [1.82, 2.24) is 0 Å². The second kappa shape index (κ2) is 5.78. The maximum Gasteiger partial charge on any atom is 0.248 e. The summed E-state index contributed by atoms with van der Waals surface area (Å²) < 4.78 is 5.33. The number of rotatable bonds is 2. The van der Waals surface area contributed by atoms with Gasteiger partial charge in [0.15, 0.2) is 0 Å². The molecule has 1 aliphatic heterocycles.